The number of rotatable bonds is 2. The van der Waals surface area contributed by atoms with E-state index in [0.717, 1.165) is 12.1 Å². The quantitative estimate of drug-likeness (QED) is 0.435. The fourth-order valence-corrected chi connectivity index (χ4v) is 0.969. The molecule has 1 aromatic carbocycles. The summed E-state index contributed by atoms with van der Waals surface area (Å²) in [4.78, 5) is 0. The van der Waals surface area contributed by atoms with Crippen LogP contribution >= 0.6 is 0 Å². The van der Waals surface area contributed by atoms with Gasteiger partial charge in [-0.25, -0.2) is 8.78 Å². The largest absolute Gasteiger partial charge is 0.369 e. The molecule has 0 aliphatic carbocycles. The van der Waals surface area contributed by atoms with Gasteiger partial charge in [-0.3, -0.25) is 0 Å². The molecule has 0 saturated carbocycles. The molecule has 1 rings (SSSR count). The lowest BCUT2D eigenvalue weighted by Crippen LogP contribution is -2.22. The molecule has 0 aliphatic heterocycles. The summed E-state index contributed by atoms with van der Waals surface area (Å²) in [5, 5.41) is 6.94. The predicted octanol–water partition coefficient (Wildman–Crippen LogP) is 0.962. The molecule has 6 heteroatoms. The first-order valence-electron chi connectivity index (χ1n) is 4.09. The third kappa shape index (κ3) is 3.01. The van der Waals surface area contributed by atoms with Gasteiger partial charge < -0.3 is 11.5 Å². The van der Waals surface area contributed by atoms with Crippen LogP contribution in [-0.2, 0) is 0 Å². The molecule has 1 aromatic rings. The molecule has 0 bridgehead atoms. The molecule has 0 amide bonds. The molecular weight excluding hydrogens is 202 g/mol. The Hall–Kier alpha value is -1.98. The first kappa shape index (κ1) is 11.1. The second-order valence-electron chi connectivity index (χ2n) is 2.83. The summed E-state index contributed by atoms with van der Waals surface area (Å²) >= 11 is 0. The van der Waals surface area contributed by atoms with Gasteiger partial charge in [0.25, 0.3) is 0 Å². The van der Waals surface area contributed by atoms with Crippen LogP contribution in [0.3, 0.4) is 0 Å². The third-order valence-electron chi connectivity index (χ3n) is 1.64. The van der Waals surface area contributed by atoms with Gasteiger partial charge in [0.05, 0.1) is 5.71 Å². The van der Waals surface area contributed by atoms with Crippen LogP contribution in [0, 0.1) is 11.6 Å². The smallest absolute Gasteiger partial charge is 0.211 e. The van der Waals surface area contributed by atoms with Crippen LogP contribution in [-0.4, -0.2) is 11.7 Å². The Labute approximate surface area is 85.3 Å². The third-order valence-corrected chi connectivity index (χ3v) is 1.64. The van der Waals surface area contributed by atoms with Crippen LogP contribution in [0.5, 0.6) is 0 Å². The molecule has 4 nitrogen and oxygen atoms in total. The molecule has 0 unspecified atom stereocenters. The van der Waals surface area contributed by atoms with Crippen LogP contribution in [0.1, 0.15) is 12.5 Å². The van der Waals surface area contributed by atoms with E-state index in [2.05, 4.69) is 10.2 Å². The first-order valence-corrected chi connectivity index (χ1v) is 4.09. The molecule has 0 aromatic heterocycles. The standard InChI is InChI=1S/C9H10F2N4/c1-5(14-15-9(12)13)7-3-2-6(10)4-8(7)11/h2-4H,1H3,(H4,12,13,15). The van der Waals surface area contributed by atoms with Gasteiger partial charge in [0, 0.05) is 11.6 Å². The Morgan fingerprint density at radius 1 is 1.20 bits per heavy atom. The Balaban J connectivity index is 3.06. The van der Waals surface area contributed by atoms with Gasteiger partial charge in [-0.1, -0.05) is 0 Å². The van der Waals surface area contributed by atoms with Crippen molar-refractivity contribution in [1.29, 1.82) is 0 Å². The summed E-state index contributed by atoms with van der Waals surface area (Å²) < 4.78 is 25.8. The Morgan fingerprint density at radius 2 is 1.87 bits per heavy atom. The lowest BCUT2D eigenvalue weighted by atomic mass is 10.1. The van der Waals surface area contributed by atoms with E-state index in [9.17, 15) is 8.78 Å². The molecule has 0 saturated heterocycles. The molecule has 0 heterocycles. The maximum absolute atomic E-state index is 13.2. The van der Waals surface area contributed by atoms with E-state index in [4.69, 9.17) is 11.5 Å². The summed E-state index contributed by atoms with van der Waals surface area (Å²) in [6.07, 6.45) is 0. The van der Waals surface area contributed by atoms with Gasteiger partial charge in [-0.2, -0.15) is 5.10 Å². The average Bonchev–Trinajstić information content (AvgIpc) is 2.14. The highest BCUT2D eigenvalue weighted by atomic mass is 19.1. The van der Waals surface area contributed by atoms with Gasteiger partial charge in [-0.05, 0) is 19.1 Å². The number of guanidine groups is 1. The van der Waals surface area contributed by atoms with Crippen LogP contribution in [0.15, 0.2) is 28.4 Å². The van der Waals surface area contributed by atoms with Crippen molar-refractivity contribution in [2.24, 2.45) is 21.7 Å². The van der Waals surface area contributed by atoms with Crippen molar-refractivity contribution in [1.82, 2.24) is 0 Å². The van der Waals surface area contributed by atoms with Crippen LogP contribution in [0.25, 0.3) is 0 Å². The van der Waals surface area contributed by atoms with Crippen molar-refractivity contribution in [2.45, 2.75) is 6.92 Å². The number of hydrogen-bond donors (Lipinski definition) is 2. The Morgan fingerprint density at radius 3 is 2.40 bits per heavy atom. The van der Waals surface area contributed by atoms with Crippen molar-refractivity contribution in [3.63, 3.8) is 0 Å². The summed E-state index contributed by atoms with van der Waals surface area (Å²) in [6, 6.07) is 3.17. The number of benzene rings is 1. The summed E-state index contributed by atoms with van der Waals surface area (Å²) in [6.45, 7) is 1.52. The molecule has 0 aliphatic rings. The number of nitrogens with zero attached hydrogens (tertiary/aromatic N) is 2. The van der Waals surface area contributed by atoms with Crippen LogP contribution < -0.4 is 11.5 Å². The van der Waals surface area contributed by atoms with Gasteiger partial charge in [0.15, 0.2) is 0 Å². The fraction of sp³-hybridized carbons (Fsp3) is 0.111. The molecule has 0 spiro atoms. The van der Waals surface area contributed by atoms with E-state index in [1.807, 2.05) is 0 Å². The van der Waals surface area contributed by atoms with E-state index >= 15 is 0 Å². The van der Waals surface area contributed by atoms with Gasteiger partial charge in [0.2, 0.25) is 5.96 Å². The molecule has 15 heavy (non-hydrogen) atoms. The zero-order valence-electron chi connectivity index (χ0n) is 8.04. The lowest BCUT2D eigenvalue weighted by molar-refractivity contribution is 0.581. The molecule has 4 N–H and O–H groups in total. The van der Waals surface area contributed by atoms with Crippen molar-refractivity contribution < 1.29 is 8.78 Å². The first-order chi connectivity index (χ1) is 7.00. The van der Waals surface area contributed by atoms with Gasteiger partial charge in [-0.15, -0.1) is 5.10 Å². The van der Waals surface area contributed by atoms with Crippen molar-refractivity contribution >= 4 is 11.7 Å². The number of halogens is 2. The molecular formula is C9H10F2N4. The maximum Gasteiger partial charge on any atom is 0.211 e. The normalized spacial score (nSPS) is 11.3. The van der Waals surface area contributed by atoms with Crippen LogP contribution in [0.4, 0.5) is 8.78 Å². The van der Waals surface area contributed by atoms with Gasteiger partial charge >= 0.3 is 0 Å². The Bertz CT molecular complexity index is 422. The van der Waals surface area contributed by atoms with E-state index in [0.29, 0.717) is 0 Å². The minimum Gasteiger partial charge on any atom is -0.369 e. The molecule has 0 radical (unpaired) electrons. The van der Waals surface area contributed by atoms with Crippen molar-refractivity contribution in [3.05, 3.63) is 35.4 Å². The Kier molecular flexibility index (Phi) is 3.33. The topological polar surface area (TPSA) is 76.8 Å². The zero-order chi connectivity index (χ0) is 11.4. The second-order valence-corrected chi connectivity index (χ2v) is 2.83. The van der Waals surface area contributed by atoms with Crippen molar-refractivity contribution in [3.8, 4) is 0 Å². The highest BCUT2D eigenvalue weighted by molar-refractivity contribution is 5.99. The zero-order valence-corrected chi connectivity index (χ0v) is 8.04. The second kappa shape index (κ2) is 4.50. The lowest BCUT2D eigenvalue weighted by Gasteiger charge is -2.00. The summed E-state index contributed by atoms with van der Waals surface area (Å²) in [7, 11) is 0. The monoisotopic (exact) mass is 212 g/mol. The SMILES string of the molecule is CC(=NN=C(N)N)c1ccc(F)cc1F. The number of nitrogens with two attached hydrogens (primary N) is 2. The minimum atomic E-state index is -0.706. The molecule has 80 valence electrons. The maximum atomic E-state index is 13.2. The van der Waals surface area contributed by atoms with E-state index in [1.54, 1.807) is 0 Å². The number of hydrogen-bond acceptors (Lipinski definition) is 2. The molecule has 0 fully saturated rings. The summed E-state index contributed by atoms with van der Waals surface area (Å²) in [5.74, 6) is -1.58. The fourth-order valence-electron chi connectivity index (χ4n) is 0.969. The molecule has 0 atom stereocenters. The highest BCUT2D eigenvalue weighted by Gasteiger charge is 2.06. The minimum absolute atomic E-state index is 0.154. The van der Waals surface area contributed by atoms with Crippen LogP contribution in [0.2, 0.25) is 0 Å². The van der Waals surface area contributed by atoms with Crippen molar-refractivity contribution in [2.75, 3.05) is 0 Å². The highest BCUT2D eigenvalue weighted by Crippen LogP contribution is 2.10. The van der Waals surface area contributed by atoms with Gasteiger partial charge in [0.1, 0.15) is 11.6 Å². The average molecular weight is 212 g/mol. The van der Waals surface area contributed by atoms with E-state index in [1.165, 1.54) is 13.0 Å². The summed E-state index contributed by atoms with van der Waals surface area (Å²) in [5.41, 5.74) is 10.5. The van der Waals surface area contributed by atoms with E-state index < -0.39 is 11.6 Å². The predicted molar refractivity (Wildman–Crippen MR) is 54.4 cm³/mol. The van der Waals surface area contributed by atoms with E-state index in [-0.39, 0.29) is 17.2 Å².